The highest BCUT2D eigenvalue weighted by Crippen LogP contribution is 2.25. The smallest absolute Gasteiger partial charge is 0.257 e. The molecule has 104 valence electrons. The maximum absolute atomic E-state index is 13.0. The van der Waals surface area contributed by atoms with Gasteiger partial charge in [0, 0.05) is 9.50 Å². The highest BCUT2D eigenvalue weighted by molar-refractivity contribution is 9.10. The predicted octanol–water partition coefficient (Wildman–Crippen LogP) is 3.78. The molecule has 7 heteroatoms. The summed E-state index contributed by atoms with van der Waals surface area (Å²) in [6, 6.07) is 8.66. The van der Waals surface area contributed by atoms with E-state index in [1.807, 2.05) is 0 Å². The van der Waals surface area contributed by atoms with E-state index in [1.165, 1.54) is 24.3 Å². The summed E-state index contributed by atoms with van der Waals surface area (Å²) in [6.45, 7) is 0. The molecule has 0 unspecified atom stereocenters. The van der Waals surface area contributed by atoms with Gasteiger partial charge in [0.25, 0.3) is 5.91 Å². The lowest BCUT2D eigenvalue weighted by Gasteiger charge is -2.11. The number of hydrogen-bond donors (Lipinski definition) is 3. The van der Waals surface area contributed by atoms with E-state index in [1.54, 1.807) is 12.1 Å². The lowest BCUT2D eigenvalue weighted by Crippen LogP contribution is -2.17. The Morgan fingerprint density at radius 1 is 1.20 bits per heavy atom. The van der Waals surface area contributed by atoms with Crippen LogP contribution in [0.25, 0.3) is 0 Å². The average molecular weight is 359 g/mol. The maximum Gasteiger partial charge on any atom is 0.257 e. The predicted molar refractivity (Wildman–Crippen MR) is 81.3 cm³/mol. The minimum absolute atomic E-state index is 0.288. The van der Waals surface area contributed by atoms with Crippen molar-refractivity contribution < 1.29 is 9.18 Å². The molecule has 0 aliphatic heterocycles. The minimum Gasteiger partial charge on any atom is -0.323 e. The van der Waals surface area contributed by atoms with Crippen molar-refractivity contribution in [1.82, 2.24) is 0 Å². The van der Waals surface area contributed by atoms with E-state index in [-0.39, 0.29) is 5.56 Å². The first-order valence-corrected chi connectivity index (χ1v) is 6.71. The summed E-state index contributed by atoms with van der Waals surface area (Å²) in [4.78, 5) is 12.2. The van der Waals surface area contributed by atoms with Crippen molar-refractivity contribution in [3.05, 3.63) is 57.3 Å². The van der Waals surface area contributed by atoms with Gasteiger partial charge in [0.15, 0.2) is 0 Å². The van der Waals surface area contributed by atoms with E-state index in [2.05, 4.69) is 26.7 Å². The second-order valence-electron chi connectivity index (χ2n) is 3.91. The SMILES string of the molecule is NNc1ccc(Cl)cc1C(=O)Nc1ccc(F)cc1Br. The molecule has 0 spiro atoms. The average Bonchev–Trinajstić information content (AvgIpc) is 2.41. The molecule has 0 saturated heterocycles. The summed E-state index contributed by atoms with van der Waals surface area (Å²) in [6.07, 6.45) is 0. The number of nitrogens with two attached hydrogens (primary N) is 1. The molecule has 0 aliphatic carbocycles. The van der Waals surface area contributed by atoms with Gasteiger partial charge < -0.3 is 10.7 Å². The van der Waals surface area contributed by atoms with Crippen molar-refractivity contribution in [2.75, 3.05) is 10.7 Å². The van der Waals surface area contributed by atoms with Crippen molar-refractivity contribution in [2.24, 2.45) is 5.84 Å². The number of halogens is 3. The standard InChI is InChI=1S/C13H10BrClFN3O/c14-10-6-8(16)2-4-12(10)18-13(20)9-5-7(15)1-3-11(9)19-17/h1-6,19H,17H2,(H,18,20). The van der Waals surface area contributed by atoms with Crippen molar-refractivity contribution in [3.8, 4) is 0 Å². The van der Waals surface area contributed by atoms with E-state index in [0.717, 1.165) is 0 Å². The Balaban J connectivity index is 2.30. The van der Waals surface area contributed by atoms with Crippen LogP contribution >= 0.6 is 27.5 Å². The summed E-state index contributed by atoms with van der Waals surface area (Å²) >= 11 is 9.04. The molecule has 2 aromatic rings. The van der Waals surface area contributed by atoms with Gasteiger partial charge in [-0.1, -0.05) is 11.6 Å². The molecule has 20 heavy (non-hydrogen) atoms. The van der Waals surface area contributed by atoms with Crippen molar-refractivity contribution >= 4 is 44.8 Å². The Bertz CT molecular complexity index is 666. The molecule has 2 aromatic carbocycles. The highest BCUT2D eigenvalue weighted by atomic mass is 79.9. The Hall–Kier alpha value is -1.63. The van der Waals surface area contributed by atoms with Crippen molar-refractivity contribution in [2.45, 2.75) is 0 Å². The zero-order chi connectivity index (χ0) is 14.7. The third-order valence-corrected chi connectivity index (χ3v) is 3.45. The van der Waals surface area contributed by atoms with Crippen LogP contribution in [-0.2, 0) is 0 Å². The molecule has 4 nitrogen and oxygen atoms in total. The van der Waals surface area contributed by atoms with Crippen molar-refractivity contribution in [3.63, 3.8) is 0 Å². The number of amides is 1. The van der Waals surface area contributed by atoms with Gasteiger partial charge in [-0.25, -0.2) is 4.39 Å². The van der Waals surface area contributed by atoms with Gasteiger partial charge in [-0.05, 0) is 52.3 Å². The van der Waals surface area contributed by atoms with E-state index < -0.39 is 11.7 Å². The summed E-state index contributed by atoms with van der Waals surface area (Å²) < 4.78 is 13.4. The molecule has 0 saturated carbocycles. The van der Waals surface area contributed by atoms with Crippen LogP contribution in [-0.4, -0.2) is 5.91 Å². The number of carbonyl (C=O) groups is 1. The number of benzene rings is 2. The summed E-state index contributed by atoms with van der Waals surface area (Å²) in [5, 5.41) is 3.06. The summed E-state index contributed by atoms with van der Waals surface area (Å²) in [7, 11) is 0. The van der Waals surface area contributed by atoms with Crippen LogP contribution in [0.5, 0.6) is 0 Å². The number of nitrogens with one attached hydrogen (secondary N) is 2. The number of anilines is 2. The number of hydrogen-bond acceptors (Lipinski definition) is 3. The zero-order valence-corrected chi connectivity index (χ0v) is 12.4. The first kappa shape index (κ1) is 14.8. The van der Waals surface area contributed by atoms with E-state index in [0.29, 0.717) is 20.9 Å². The number of hydrazine groups is 1. The van der Waals surface area contributed by atoms with Gasteiger partial charge in [-0.3, -0.25) is 10.6 Å². The Kier molecular flexibility index (Phi) is 4.59. The maximum atomic E-state index is 13.0. The van der Waals surface area contributed by atoms with Crippen LogP contribution in [0.2, 0.25) is 5.02 Å². The van der Waals surface area contributed by atoms with Crippen molar-refractivity contribution in [1.29, 1.82) is 0 Å². The molecule has 0 bridgehead atoms. The lowest BCUT2D eigenvalue weighted by atomic mass is 10.1. The Morgan fingerprint density at radius 2 is 1.90 bits per heavy atom. The van der Waals surface area contributed by atoms with Gasteiger partial charge in [-0.2, -0.15) is 0 Å². The van der Waals surface area contributed by atoms with Gasteiger partial charge in [0.1, 0.15) is 5.82 Å². The molecular weight excluding hydrogens is 349 g/mol. The fraction of sp³-hybridized carbons (Fsp3) is 0. The summed E-state index contributed by atoms with van der Waals surface area (Å²) in [5.41, 5.74) is 3.59. The van der Waals surface area contributed by atoms with E-state index in [9.17, 15) is 9.18 Å². The van der Waals surface area contributed by atoms with Crippen LogP contribution in [0.1, 0.15) is 10.4 Å². The fourth-order valence-electron chi connectivity index (χ4n) is 1.61. The quantitative estimate of drug-likeness (QED) is 0.578. The Labute approximate surface area is 128 Å². The fourth-order valence-corrected chi connectivity index (χ4v) is 2.23. The summed E-state index contributed by atoms with van der Waals surface area (Å²) in [5.74, 6) is 4.54. The van der Waals surface area contributed by atoms with Gasteiger partial charge in [0.05, 0.1) is 16.9 Å². The van der Waals surface area contributed by atoms with Crippen LogP contribution in [0.3, 0.4) is 0 Å². The topological polar surface area (TPSA) is 67.1 Å². The molecule has 0 atom stereocenters. The third-order valence-electron chi connectivity index (χ3n) is 2.56. The normalized spacial score (nSPS) is 10.2. The molecule has 1 amide bonds. The third kappa shape index (κ3) is 3.27. The van der Waals surface area contributed by atoms with Gasteiger partial charge in [0.2, 0.25) is 0 Å². The molecule has 0 fully saturated rings. The number of rotatable bonds is 3. The second-order valence-corrected chi connectivity index (χ2v) is 5.20. The van der Waals surface area contributed by atoms with Gasteiger partial charge >= 0.3 is 0 Å². The highest BCUT2D eigenvalue weighted by Gasteiger charge is 2.13. The van der Waals surface area contributed by atoms with Crippen LogP contribution < -0.4 is 16.6 Å². The van der Waals surface area contributed by atoms with Crippen LogP contribution in [0, 0.1) is 5.82 Å². The number of nitrogen functional groups attached to an aromatic ring is 1. The first-order valence-electron chi connectivity index (χ1n) is 5.54. The van der Waals surface area contributed by atoms with Crippen LogP contribution in [0.15, 0.2) is 40.9 Å². The minimum atomic E-state index is -0.409. The largest absolute Gasteiger partial charge is 0.323 e. The molecule has 0 radical (unpaired) electrons. The number of carbonyl (C=O) groups excluding carboxylic acids is 1. The molecule has 4 N–H and O–H groups in total. The molecule has 0 aromatic heterocycles. The molecular formula is C13H10BrClFN3O. The molecule has 2 rings (SSSR count). The molecule has 0 heterocycles. The van der Waals surface area contributed by atoms with Gasteiger partial charge in [-0.15, -0.1) is 0 Å². The zero-order valence-electron chi connectivity index (χ0n) is 10.1. The van der Waals surface area contributed by atoms with E-state index in [4.69, 9.17) is 17.4 Å². The van der Waals surface area contributed by atoms with E-state index >= 15 is 0 Å². The monoisotopic (exact) mass is 357 g/mol. The lowest BCUT2D eigenvalue weighted by molar-refractivity contribution is 0.102. The second kappa shape index (κ2) is 6.21. The van der Waals surface area contributed by atoms with Crippen LogP contribution in [0.4, 0.5) is 15.8 Å². The first-order chi connectivity index (χ1) is 9.51. The Morgan fingerprint density at radius 3 is 2.55 bits per heavy atom. The molecule has 0 aliphatic rings.